The lowest BCUT2D eigenvalue weighted by molar-refractivity contribution is 0.402. The topological polar surface area (TPSA) is 105 Å². The van der Waals surface area contributed by atoms with E-state index in [4.69, 9.17) is 4.74 Å². The van der Waals surface area contributed by atoms with E-state index in [2.05, 4.69) is 25.3 Å². The number of benzene rings is 1. The molecule has 0 amide bonds. The zero-order chi connectivity index (χ0) is 19.2. The average Bonchev–Trinajstić information content (AvgIpc) is 2.58. The molecule has 0 aliphatic heterocycles. The number of sulfonamides is 1. The number of nitrogens with zero attached hydrogens (tertiary/aromatic N) is 2. The van der Waals surface area contributed by atoms with Crippen LogP contribution in [0.1, 0.15) is 18.2 Å². The molecular weight excluding hydrogens is 354 g/mol. The summed E-state index contributed by atoms with van der Waals surface area (Å²) in [5.41, 5.74) is 1.66. The van der Waals surface area contributed by atoms with E-state index < -0.39 is 10.0 Å². The minimum absolute atomic E-state index is 0.126. The molecule has 2 rings (SSSR count). The summed E-state index contributed by atoms with van der Waals surface area (Å²) in [6.07, 6.45) is 0. The molecule has 1 aromatic carbocycles. The SMILES string of the molecule is CCNc1cc(C)nc(NCCNS(=O)(=O)c2cc(C)ccc2OC)n1. The predicted molar refractivity (Wildman–Crippen MR) is 102 cm³/mol. The third-order valence-electron chi connectivity index (χ3n) is 3.52. The van der Waals surface area contributed by atoms with Crippen molar-refractivity contribution in [3.8, 4) is 5.75 Å². The molecule has 3 N–H and O–H groups in total. The van der Waals surface area contributed by atoms with Crippen LogP contribution >= 0.6 is 0 Å². The highest BCUT2D eigenvalue weighted by Crippen LogP contribution is 2.24. The molecule has 142 valence electrons. The van der Waals surface area contributed by atoms with Crippen LogP contribution in [-0.4, -0.2) is 45.1 Å². The van der Waals surface area contributed by atoms with Gasteiger partial charge in [0.25, 0.3) is 0 Å². The molecule has 1 heterocycles. The van der Waals surface area contributed by atoms with Gasteiger partial charge in [-0.15, -0.1) is 0 Å². The summed E-state index contributed by atoms with van der Waals surface area (Å²) in [6.45, 7) is 6.99. The second-order valence-corrected chi connectivity index (χ2v) is 7.46. The Labute approximate surface area is 154 Å². The Kier molecular flexibility index (Phi) is 6.76. The Balaban J connectivity index is 1.98. The number of ether oxygens (including phenoxy) is 1. The summed E-state index contributed by atoms with van der Waals surface area (Å²) in [7, 11) is -2.23. The normalized spacial score (nSPS) is 11.2. The zero-order valence-corrected chi connectivity index (χ0v) is 16.3. The van der Waals surface area contributed by atoms with Gasteiger partial charge in [0.1, 0.15) is 16.5 Å². The maximum Gasteiger partial charge on any atom is 0.244 e. The van der Waals surface area contributed by atoms with Gasteiger partial charge in [0.15, 0.2) is 0 Å². The van der Waals surface area contributed by atoms with Crippen molar-refractivity contribution in [1.29, 1.82) is 0 Å². The van der Waals surface area contributed by atoms with E-state index in [0.29, 0.717) is 18.2 Å². The summed E-state index contributed by atoms with van der Waals surface area (Å²) in [5.74, 6) is 1.49. The molecule has 0 aliphatic rings. The first kappa shape index (κ1) is 19.9. The highest BCUT2D eigenvalue weighted by Gasteiger charge is 2.19. The summed E-state index contributed by atoms with van der Waals surface area (Å²) in [5, 5.41) is 6.15. The van der Waals surface area contributed by atoms with Crippen LogP contribution in [0.4, 0.5) is 11.8 Å². The first-order chi connectivity index (χ1) is 12.4. The quantitative estimate of drug-likeness (QED) is 0.572. The van der Waals surface area contributed by atoms with Crippen molar-refractivity contribution < 1.29 is 13.2 Å². The molecule has 0 unspecified atom stereocenters. The van der Waals surface area contributed by atoms with E-state index in [9.17, 15) is 8.42 Å². The van der Waals surface area contributed by atoms with Crippen LogP contribution in [0.5, 0.6) is 5.75 Å². The third-order valence-corrected chi connectivity index (χ3v) is 5.00. The van der Waals surface area contributed by atoms with Gasteiger partial charge in [-0.05, 0) is 38.5 Å². The van der Waals surface area contributed by atoms with Crippen molar-refractivity contribution in [3.05, 3.63) is 35.5 Å². The van der Waals surface area contributed by atoms with Crippen LogP contribution in [0, 0.1) is 13.8 Å². The molecule has 0 bridgehead atoms. The van der Waals surface area contributed by atoms with Gasteiger partial charge in [0, 0.05) is 31.4 Å². The van der Waals surface area contributed by atoms with Crippen LogP contribution in [0.25, 0.3) is 0 Å². The van der Waals surface area contributed by atoms with E-state index in [0.717, 1.165) is 23.6 Å². The van der Waals surface area contributed by atoms with E-state index in [1.807, 2.05) is 26.8 Å². The molecule has 0 aliphatic carbocycles. The highest BCUT2D eigenvalue weighted by molar-refractivity contribution is 7.89. The van der Waals surface area contributed by atoms with Crippen molar-refractivity contribution in [2.75, 3.05) is 37.4 Å². The molecule has 0 fully saturated rings. The fourth-order valence-corrected chi connectivity index (χ4v) is 3.63. The second kappa shape index (κ2) is 8.81. The highest BCUT2D eigenvalue weighted by atomic mass is 32.2. The largest absolute Gasteiger partial charge is 0.495 e. The summed E-state index contributed by atoms with van der Waals surface area (Å²) in [6, 6.07) is 6.88. The van der Waals surface area contributed by atoms with Gasteiger partial charge in [0.2, 0.25) is 16.0 Å². The number of nitrogens with one attached hydrogen (secondary N) is 3. The van der Waals surface area contributed by atoms with Gasteiger partial charge >= 0.3 is 0 Å². The number of aromatic nitrogens is 2. The summed E-state index contributed by atoms with van der Waals surface area (Å²) in [4.78, 5) is 8.74. The minimum Gasteiger partial charge on any atom is -0.495 e. The molecule has 0 radical (unpaired) electrons. The van der Waals surface area contributed by atoms with E-state index in [1.165, 1.54) is 7.11 Å². The van der Waals surface area contributed by atoms with Crippen LogP contribution in [-0.2, 0) is 10.0 Å². The lowest BCUT2D eigenvalue weighted by atomic mass is 10.2. The molecule has 26 heavy (non-hydrogen) atoms. The Morgan fingerprint density at radius 2 is 1.85 bits per heavy atom. The Morgan fingerprint density at radius 1 is 1.08 bits per heavy atom. The number of methoxy groups -OCH3 is 1. The molecule has 9 heteroatoms. The Hall–Kier alpha value is -2.39. The van der Waals surface area contributed by atoms with Gasteiger partial charge in [-0.1, -0.05) is 6.07 Å². The van der Waals surface area contributed by atoms with Crippen molar-refractivity contribution in [2.24, 2.45) is 0 Å². The molecular formula is C17H25N5O3S. The summed E-state index contributed by atoms with van der Waals surface area (Å²) < 4.78 is 32.7. The van der Waals surface area contributed by atoms with Crippen molar-refractivity contribution in [3.63, 3.8) is 0 Å². The number of anilines is 2. The molecule has 1 aromatic heterocycles. The lowest BCUT2D eigenvalue weighted by Crippen LogP contribution is -2.29. The monoisotopic (exact) mass is 379 g/mol. The van der Waals surface area contributed by atoms with Gasteiger partial charge in [-0.25, -0.2) is 18.1 Å². The standard InChI is InChI=1S/C17H25N5O3S/c1-5-18-16-11-13(3)21-17(22-16)19-8-9-20-26(23,24)15-10-12(2)6-7-14(15)25-4/h6-7,10-11,20H,5,8-9H2,1-4H3,(H2,18,19,21,22). The fourth-order valence-electron chi connectivity index (χ4n) is 2.35. The van der Waals surface area contributed by atoms with Gasteiger partial charge < -0.3 is 15.4 Å². The second-order valence-electron chi connectivity index (χ2n) is 5.73. The number of hydrogen-bond acceptors (Lipinski definition) is 7. The first-order valence-corrected chi connectivity index (χ1v) is 9.81. The zero-order valence-electron chi connectivity index (χ0n) is 15.5. The molecule has 0 spiro atoms. The maximum atomic E-state index is 12.5. The van der Waals surface area contributed by atoms with Gasteiger partial charge in [-0.3, -0.25) is 0 Å². The Morgan fingerprint density at radius 3 is 2.54 bits per heavy atom. The average molecular weight is 379 g/mol. The molecule has 8 nitrogen and oxygen atoms in total. The summed E-state index contributed by atoms with van der Waals surface area (Å²) >= 11 is 0. The van der Waals surface area contributed by atoms with Crippen LogP contribution < -0.4 is 20.1 Å². The lowest BCUT2D eigenvalue weighted by Gasteiger charge is -2.12. The number of aryl methyl sites for hydroxylation is 2. The van der Waals surface area contributed by atoms with Crippen LogP contribution in [0.15, 0.2) is 29.2 Å². The van der Waals surface area contributed by atoms with Gasteiger partial charge in [-0.2, -0.15) is 4.98 Å². The van der Waals surface area contributed by atoms with Crippen LogP contribution in [0.3, 0.4) is 0 Å². The van der Waals surface area contributed by atoms with Gasteiger partial charge in [0.05, 0.1) is 7.11 Å². The number of rotatable bonds is 9. The van der Waals surface area contributed by atoms with E-state index >= 15 is 0 Å². The minimum atomic E-state index is -3.67. The fraction of sp³-hybridized carbons (Fsp3) is 0.412. The van der Waals surface area contributed by atoms with E-state index in [1.54, 1.807) is 18.2 Å². The predicted octanol–water partition coefficient (Wildman–Crippen LogP) is 1.92. The smallest absolute Gasteiger partial charge is 0.244 e. The molecule has 0 saturated carbocycles. The molecule has 2 aromatic rings. The number of hydrogen-bond donors (Lipinski definition) is 3. The van der Waals surface area contributed by atoms with Crippen molar-refractivity contribution in [2.45, 2.75) is 25.7 Å². The van der Waals surface area contributed by atoms with E-state index in [-0.39, 0.29) is 11.4 Å². The molecule has 0 atom stereocenters. The van der Waals surface area contributed by atoms with Crippen molar-refractivity contribution >= 4 is 21.8 Å². The Bertz CT molecular complexity index is 855. The van der Waals surface area contributed by atoms with Crippen LogP contribution in [0.2, 0.25) is 0 Å². The first-order valence-electron chi connectivity index (χ1n) is 8.33. The van der Waals surface area contributed by atoms with Crippen molar-refractivity contribution in [1.82, 2.24) is 14.7 Å². The third kappa shape index (κ3) is 5.30. The maximum absolute atomic E-state index is 12.5. The molecule has 0 saturated heterocycles.